The molecule has 1 aromatic rings. The van der Waals surface area contributed by atoms with Gasteiger partial charge in [0.15, 0.2) is 0 Å². The largest absolute Gasteiger partial charge is 0.373 e. The molecule has 114 valence electrons. The monoisotopic (exact) mass is 531 g/mol. The Hall–Kier alpha value is 0.550. The van der Waals surface area contributed by atoms with E-state index in [0.29, 0.717) is 4.90 Å². The molecule has 4 aliphatic heterocycles. The van der Waals surface area contributed by atoms with Crippen molar-refractivity contribution in [1.29, 1.82) is 0 Å². The first-order valence-corrected chi connectivity index (χ1v) is 11.0. The van der Waals surface area contributed by atoms with E-state index in [1.54, 1.807) is 28.6 Å². The first kappa shape index (κ1) is 15.1. The minimum absolute atomic E-state index is 0.0734. The Morgan fingerprint density at radius 2 is 1.52 bits per heavy atom. The summed E-state index contributed by atoms with van der Waals surface area (Å²) >= 11 is 4.75. The summed E-state index contributed by atoms with van der Waals surface area (Å²) in [5.74, 6) is 0. The quantitative estimate of drug-likeness (QED) is 0.436. The molecule has 5 rings (SSSR count). The molecule has 4 bridgehead atoms. The highest BCUT2D eigenvalue weighted by Crippen LogP contribution is 2.49. The maximum atomic E-state index is 13.1. The number of rotatable bonds is 2. The number of piperidine rings is 2. The lowest BCUT2D eigenvalue weighted by Crippen LogP contribution is -2.72. The van der Waals surface area contributed by atoms with Crippen molar-refractivity contribution in [3.05, 3.63) is 30.3 Å². The molecule has 4 saturated heterocycles. The molecule has 0 aliphatic carbocycles. The van der Waals surface area contributed by atoms with E-state index in [2.05, 4.69) is 45.2 Å². The molecule has 0 N–H and O–H groups in total. The van der Waals surface area contributed by atoms with E-state index in [0.717, 1.165) is 12.8 Å². The first-order valence-electron chi connectivity index (χ1n) is 7.02. The van der Waals surface area contributed by atoms with Crippen LogP contribution < -0.4 is 0 Å². The number of nitrogens with zero attached hydrogens (tertiary/aromatic N) is 1. The van der Waals surface area contributed by atoms with Crippen LogP contribution in [0, 0.1) is 0 Å². The summed E-state index contributed by atoms with van der Waals surface area (Å²) in [6.45, 7) is 0. The molecule has 0 aromatic heterocycles. The zero-order chi connectivity index (χ0) is 14.8. The van der Waals surface area contributed by atoms with Crippen molar-refractivity contribution >= 4 is 55.2 Å². The molecule has 1 aromatic carbocycles. The van der Waals surface area contributed by atoms with Crippen molar-refractivity contribution < 1.29 is 13.2 Å². The third kappa shape index (κ3) is 2.21. The van der Waals surface area contributed by atoms with Crippen LogP contribution >= 0.6 is 45.2 Å². The first-order chi connectivity index (χ1) is 10.00. The van der Waals surface area contributed by atoms with Crippen LogP contribution in [0.2, 0.25) is 0 Å². The molecule has 4 aliphatic rings. The predicted molar refractivity (Wildman–Crippen MR) is 96.6 cm³/mol. The van der Waals surface area contributed by atoms with Crippen LogP contribution in [0.3, 0.4) is 0 Å². The number of alkyl halides is 2. The number of sulfonamides is 1. The summed E-state index contributed by atoms with van der Waals surface area (Å²) in [5.41, 5.74) is 0. The van der Waals surface area contributed by atoms with E-state index in [1.807, 2.05) is 6.07 Å². The minimum atomic E-state index is -3.42. The van der Waals surface area contributed by atoms with Crippen molar-refractivity contribution in [3.8, 4) is 0 Å². The fourth-order valence-electron chi connectivity index (χ4n) is 3.78. The van der Waals surface area contributed by atoms with Gasteiger partial charge in [0.1, 0.15) is 0 Å². The van der Waals surface area contributed by atoms with Crippen molar-refractivity contribution in [2.24, 2.45) is 0 Å². The summed E-state index contributed by atoms with van der Waals surface area (Å²) in [6, 6.07) is 8.96. The third-order valence-electron chi connectivity index (χ3n) is 4.72. The number of halogens is 2. The minimum Gasteiger partial charge on any atom is -0.373 e. The van der Waals surface area contributed by atoms with Crippen molar-refractivity contribution in [2.75, 3.05) is 0 Å². The van der Waals surface area contributed by atoms with Gasteiger partial charge in [0.2, 0.25) is 10.0 Å². The Bertz CT molecular complexity index is 631. The van der Waals surface area contributed by atoms with Gasteiger partial charge in [0.25, 0.3) is 0 Å². The number of ether oxygens (including phenoxy) is 1. The summed E-state index contributed by atoms with van der Waals surface area (Å²) in [5, 5.41) is 0. The number of hydrogen-bond donors (Lipinski definition) is 0. The SMILES string of the molecule is O=S(=O)(c1ccccc1)N1[C@@H]2C[C@H]3O[C@H](C[C@@H]1[C@H]3I)[C@@H]2I. The van der Waals surface area contributed by atoms with E-state index in [-0.39, 0.29) is 32.1 Å². The highest BCUT2D eigenvalue weighted by Gasteiger charge is 2.59. The van der Waals surface area contributed by atoms with Crippen LogP contribution in [0.25, 0.3) is 0 Å². The highest BCUT2D eigenvalue weighted by molar-refractivity contribution is 14.1. The van der Waals surface area contributed by atoms with Gasteiger partial charge in [-0.2, -0.15) is 4.31 Å². The van der Waals surface area contributed by atoms with E-state index in [4.69, 9.17) is 4.74 Å². The Labute approximate surface area is 151 Å². The molecule has 21 heavy (non-hydrogen) atoms. The fraction of sp³-hybridized carbons (Fsp3) is 0.571. The fourth-order valence-corrected chi connectivity index (χ4v) is 8.32. The molecular formula is C14H15I2NO3S. The lowest BCUT2D eigenvalue weighted by molar-refractivity contribution is -0.144. The van der Waals surface area contributed by atoms with E-state index < -0.39 is 10.0 Å². The van der Waals surface area contributed by atoms with Crippen LogP contribution in [0.15, 0.2) is 35.2 Å². The topological polar surface area (TPSA) is 46.6 Å². The normalized spacial score (nSPS) is 42.4. The van der Waals surface area contributed by atoms with Crippen molar-refractivity contribution in [3.63, 3.8) is 0 Å². The van der Waals surface area contributed by atoms with Crippen LogP contribution in [0.1, 0.15) is 12.8 Å². The summed E-state index contributed by atoms with van der Waals surface area (Å²) < 4.78 is 34.6. The maximum absolute atomic E-state index is 13.1. The number of benzene rings is 1. The van der Waals surface area contributed by atoms with Crippen LogP contribution in [-0.2, 0) is 14.8 Å². The van der Waals surface area contributed by atoms with Gasteiger partial charge in [0.05, 0.1) is 25.0 Å². The van der Waals surface area contributed by atoms with Gasteiger partial charge in [-0.15, -0.1) is 0 Å². The molecule has 0 unspecified atom stereocenters. The van der Waals surface area contributed by atoms with Crippen LogP contribution in [0.4, 0.5) is 0 Å². The van der Waals surface area contributed by atoms with Crippen molar-refractivity contribution in [2.45, 2.75) is 49.9 Å². The Balaban J connectivity index is 1.78. The lowest BCUT2D eigenvalue weighted by Gasteiger charge is -2.59. The molecule has 6 atom stereocenters. The van der Waals surface area contributed by atoms with E-state index in [1.165, 1.54) is 0 Å². The average molecular weight is 531 g/mol. The Morgan fingerprint density at radius 3 is 2.05 bits per heavy atom. The third-order valence-corrected chi connectivity index (χ3v) is 9.94. The van der Waals surface area contributed by atoms with Gasteiger partial charge in [-0.05, 0) is 25.0 Å². The molecule has 4 nitrogen and oxygen atoms in total. The smallest absolute Gasteiger partial charge is 0.243 e. The van der Waals surface area contributed by atoms with Crippen molar-refractivity contribution in [1.82, 2.24) is 4.31 Å². The zero-order valence-electron chi connectivity index (χ0n) is 11.1. The van der Waals surface area contributed by atoms with E-state index >= 15 is 0 Å². The van der Waals surface area contributed by atoms with Gasteiger partial charge in [-0.25, -0.2) is 8.42 Å². The Kier molecular flexibility index (Phi) is 3.80. The molecular weight excluding hydrogens is 516 g/mol. The summed E-state index contributed by atoms with van der Waals surface area (Å²) in [4.78, 5) is 0.408. The van der Waals surface area contributed by atoms with Gasteiger partial charge < -0.3 is 4.74 Å². The average Bonchev–Trinajstić information content (AvgIpc) is 2.46. The van der Waals surface area contributed by atoms with Gasteiger partial charge in [-0.3, -0.25) is 0 Å². The number of hydrogen-bond acceptors (Lipinski definition) is 3. The standard InChI is InChI=1S/C14H15I2NO3S/c15-13-9-6-11-14(16)10(7-12(13)20-11)17(9)21(18,19)8-4-2-1-3-5-8/h1-5,9-14H,6-7H2/t9-,10-,11-,12-,13-,14-/m1/s1. The molecule has 4 heterocycles. The molecule has 0 spiro atoms. The predicted octanol–water partition coefficient (Wildman–Crippen LogP) is 2.60. The second-order valence-corrected chi connectivity index (χ2v) is 10.6. The summed E-state index contributed by atoms with van der Waals surface area (Å²) in [7, 11) is -3.42. The van der Waals surface area contributed by atoms with Crippen LogP contribution in [0.5, 0.6) is 0 Å². The molecule has 0 radical (unpaired) electrons. The second-order valence-electron chi connectivity index (χ2n) is 5.86. The lowest BCUT2D eigenvalue weighted by atomic mass is 9.80. The summed E-state index contributed by atoms with van der Waals surface area (Å²) in [6.07, 6.45) is 2.07. The second kappa shape index (κ2) is 5.29. The maximum Gasteiger partial charge on any atom is 0.243 e. The van der Waals surface area contributed by atoms with Gasteiger partial charge >= 0.3 is 0 Å². The molecule has 0 amide bonds. The molecule has 4 fully saturated rings. The zero-order valence-corrected chi connectivity index (χ0v) is 16.2. The van der Waals surface area contributed by atoms with Gasteiger partial charge in [-0.1, -0.05) is 63.4 Å². The molecule has 0 saturated carbocycles. The molecule has 7 heteroatoms. The highest BCUT2D eigenvalue weighted by atomic mass is 127. The van der Waals surface area contributed by atoms with E-state index in [9.17, 15) is 8.42 Å². The Morgan fingerprint density at radius 1 is 1.00 bits per heavy atom. The van der Waals surface area contributed by atoms with Crippen LogP contribution in [-0.4, -0.2) is 44.9 Å². The van der Waals surface area contributed by atoms with Gasteiger partial charge in [0, 0.05) is 12.1 Å².